The van der Waals surface area contributed by atoms with Crippen molar-refractivity contribution in [2.75, 3.05) is 6.61 Å². The van der Waals surface area contributed by atoms with E-state index < -0.39 is 0 Å². The standard InChI is InChI=1S/C16H21N3O/c1-19-13(7-9-18-19)8-10-20-14-6-5-12-3-2-4-16(17)15(12)11-14/h5-7,9,11,16H,2-4,8,10,17H2,1H3/t16-/m0/s1. The van der Waals surface area contributed by atoms with Gasteiger partial charge in [-0.2, -0.15) is 5.10 Å². The fourth-order valence-corrected chi connectivity index (χ4v) is 2.82. The minimum Gasteiger partial charge on any atom is -0.493 e. The lowest BCUT2D eigenvalue weighted by molar-refractivity contribution is 0.317. The Morgan fingerprint density at radius 3 is 3.10 bits per heavy atom. The first-order valence-corrected chi connectivity index (χ1v) is 7.22. The van der Waals surface area contributed by atoms with Gasteiger partial charge in [0.15, 0.2) is 0 Å². The fraction of sp³-hybridized carbons (Fsp3) is 0.438. The van der Waals surface area contributed by atoms with Crippen molar-refractivity contribution in [3.05, 3.63) is 47.3 Å². The van der Waals surface area contributed by atoms with Crippen LogP contribution in [0.2, 0.25) is 0 Å². The summed E-state index contributed by atoms with van der Waals surface area (Å²) in [6.07, 6.45) is 6.07. The largest absolute Gasteiger partial charge is 0.493 e. The first-order valence-electron chi connectivity index (χ1n) is 7.22. The van der Waals surface area contributed by atoms with Gasteiger partial charge in [-0.25, -0.2) is 0 Å². The molecule has 3 rings (SSSR count). The van der Waals surface area contributed by atoms with Crippen LogP contribution >= 0.6 is 0 Å². The van der Waals surface area contributed by atoms with Crippen LogP contribution in [0.15, 0.2) is 30.5 Å². The van der Waals surface area contributed by atoms with E-state index in [1.165, 1.54) is 23.2 Å². The number of nitrogens with zero attached hydrogens (tertiary/aromatic N) is 2. The summed E-state index contributed by atoms with van der Waals surface area (Å²) in [6.45, 7) is 0.660. The summed E-state index contributed by atoms with van der Waals surface area (Å²) >= 11 is 0. The van der Waals surface area contributed by atoms with E-state index in [-0.39, 0.29) is 6.04 Å². The molecule has 0 radical (unpaired) electrons. The molecule has 1 aliphatic carbocycles. The number of hydrogen-bond donors (Lipinski definition) is 1. The summed E-state index contributed by atoms with van der Waals surface area (Å²) in [7, 11) is 1.95. The second-order valence-electron chi connectivity index (χ2n) is 5.40. The van der Waals surface area contributed by atoms with Crippen LogP contribution in [0.25, 0.3) is 0 Å². The molecule has 1 atom stereocenters. The first-order chi connectivity index (χ1) is 9.74. The molecule has 0 amide bonds. The molecule has 2 N–H and O–H groups in total. The lowest BCUT2D eigenvalue weighted by atomic mass is 9.88. The molecular weight excluding hydrogens is 250 g/mol. The van der Waals surface area contributed by atoms with E-state index in [1.54, 1.807) is 0 Å². The number of fused-ring (bicyclic) bond motifs is 1. The van der Waals surface area contributed by atoms with Crippen LogP contribution in [0.5, 0.6) is 5.75 Å². The van der Waals surface area contributed by atoms with E-state index in [0.717, 1.165) is 25.0 Å². The van der Waals surface area contributed by atoms with Gasteiger partial charge in [-0.15, -0.1) is 0 Å². The Balaban J connectivity index is 1.63. The molecule has 1 aromatic carbocycles. The molecule has 0 unspecified atom stereocenters. The molecule has 0 spiro atoms. The van der Waals surface area contributed by atoms with Crippen LogP contribution in [-0.2, 0) is 19.9 Å². The molecule has 2 aromatic rings. The van der Waals surface area contributed by atoms with Crippen molar-refractivity contribution in [3.8, 4) is 5.75 Å². The predicted molar refractivity (Wildman–Crippen MR) is 78.7 cm³/mol. The lowest BCUT2D eigenvalue weighted by Gasteiger charge is -2.22. The topological polar surface area (TPSA) is 53.1 Å². The summed E-state index contributed by atoms with van der Waals surface area (Å²) in [5.41, 5.74) is 9.99. The van der Waals surface area contributed by atoms with Gasteiger partial charge in [-0.3, -0.25) is 4.68 Å². The number of rotatable bonds is 4. The smallest absolute Gasteiger partial charge is 0.119 e. The Hall–Kier alpha value is -1.81. The van der Waals surface area contributed by atoms with E-state index >= 15 is 0 Å². The van der Waals surface area contributed by atoms with Crippen molar-refractivity contribution in [2.45, 2.75) is 31.7 Å². The van der Waals surface area contributed by atoms with Crippen molar-refractivity contribution in [1.82, 2.24) is 9.78 Å². The second kappa shape index (κ2) is 5.67. The SMILES string of the molecule is Cn1nccc1CCOc1ccc2c(c1)[C@@H](N)CCC2. The van der Waals surface area contributed by atoms with E-state index in [9.17, 15) is 0 Å². The molecule has 20 heavy (non-hydrogen) atoms. The van der Waals surface area contributed by atoms with E-state index in [1.807, 2.05) is 24.0 Å². The highest BCUT2D eigenvalue weighted by molar-refractivity contribution is 5.39. The van der Waals surface area contributed by atoms with Gasteiger partial charge in [0, 0.05) is 31.4 Å². The zero-order chi connectivity index (χ0) is 13.9. The van der Waals surface area contributed by atoms with Crippen molar-refractivity contribution in [3.63, 3.8) is 0 Å². The summed E-state index contributed by atoms with van der Waals surface area (Å²) < 4.78 is 7.73. The molecule has 106 valence electrons. The molecule has 4 heteroatoms. The average molecular weight is 271 g/mol. The first kappa shape index (κ1) is 13.2. The molecule has 4 nitrogen and oxygen atoms in total. The summed E-state index contributed by atoms with van der Waals surface area (Å²) in [4.78, 5) is 0. The fourth-order valence-electron chi connectivity index (χ4n) is 2.82. The Kier molecular flexibility index (Phi) is 3.74. The normalized spacial score (nSPS) is 17.8. The minimum absolute atomic E-state index is 0.166. The molecular formula is C16H21N3O. The molecule has 1 aliphatic rings. The average Bonchev–Trinajstić information content (AvgIpc) is 2.85. The van der Waals surface area contributed by atoms with Gasteiger partial charge in [0.1, 0.15) is 5.75 Å². The Bertz CT molecular complexity index is 591. The third-order valence-electron chi connectivity index (χ3n) is 4.03. The van der Waals surface area contributed by atoms with Crippen molar-refractivity contribution in [1.29, 1.82) is 0 Å². The number of aromatic nitrogens is 2. The predicted octanol–water partition coefficient (Wildman–Crippen LogP) is 2.38. The highest BCUT2D eigenvalue weighted by atomic mass is 16.5. The van der Waals surface area contributed by atoms with Crippen LogP contribution < -0.4 is 10.5 Å². The molecule has 0 bridgehead atoms. The van der Waals surface area contributed by atoms with Gasteiger partial charge in [0.2, 0.25) is 0 Å². The second-order valence-corrected chi connectivity index (χ2v) is 5.40. The number of ether oxygens (including phenoxy) is 1. The van der Waals surface area contributed by atoms with Crippen LogP contribution in [-0.4, -0.2) is 16.4 Å². The molecule has 0 saturated carbocycles. The number of aryl methyl sites for hydroxylation is 2. The van der Waals surface area contributed by atoms with Crippen molar-refractivity contribution in [2.24, 2.45) is 12.8 Å². The zero-order valence-corrected chi connectivity index (χ0v) is 11.9. The molecule has 0 aliphatic heterocycles. The minimum atomic E-state index is 0.166. The monoisotopic (exact) mass is 271 g/mol. The van der Waals surface area contributed by atoms with E-state index in [4.69, 9.17) is 10.5 Å². The Morgan fingerprint density at radius 1 is 1.40 bits per heavy atom. The third kappa shape index (κ3) is 2.70. The maximum absolute atomic E-state index is 6.17. The summed E-state index contributed by atoms with van der Waals surface area (Å²) in [5, 5.41) is 4.15. The van der Waals surface area contributed by atoms with Gasteiger partial charge in [-0.1, -0.05) is 6.07 Å². The molecule has 0 fully saturated rings. The number of hydrogen-bond acceptors (Lipinski definition) is 3. The summed E-state index contributed by atoms with van der Waals surface area (Å²) in [6, 6.07) is 8.52. The van der Waals surface area contributed by atoms with Crippen molar-refractivity contribution >= 4 is 0 Å². The molecule has 0 saturated heterocycles. The van der Waals surface area contributed by atoms with Crippen LogP contribution in [0.4, 0.5) is 0 Å². The van der Waals surface area contributed by atoms with Gasteiger partial charge in [0.25, 0.3) is 0 Å². The summed E-state index contributed by atoms with van der Waals surface area (Å²) in [5.74, 6) is 0.920. The van der Waals surface area contributed by atoms with Crippen LogP contribution in [0, 0.1) is 0 Å². The zero-order valence-electron chi connectivity index (χ0n) is 11.9. The van der Waals surface area contributed by atoms with Gasteiger partial charge in [0.05, 0.1) is 6.61 Å². The number of nitrogens with two attached hydrogens (primary N) is 1. The maximum Gasteiger partial charge on any atom is 0.119 e. The highest BCUT2D eigenvalue weighted by Gasteiger charge is 2.17. The van der Waals surface area contributed by atoms with Crippen LogP contribution in [0.3, 0.4) is 0 Å². The highest BCUT2D eigenvalue weighted by Crippen LogP contribution is 2.30. The number of benzene rings is 1. The Labute approximate surface area is 119 Å². The van der Waals surface area contributed by atoms with E-state index in [0.29, 0.717) is 6.61 Å². The van der Waals surface area contributed by atoms with Crippen LogP contribution in [0.1, 0.15) is 35.7 Å². The lowest BCUT2D eigenvalue weighted by Crippen LogP contribution is -2.17. The molecule has 1 heterocycles. The third-order valence-corrected chi connectivity index (χ3v) is 4.03. The van der Waals surface area contributed by atoms with Gasteiger partial charge in [-0.05, 0) is 48.6 Å². The van der Waals surface area contributed by atoms with Gasteiger partial charge < -0.3 is 10.5 Å². The quantitative estimate of drug-likeness (QED) is 0.929. The Morgan fingerprint density at radius 2 is 2.30 bits per heavy atom. The van der Waals surface area contributed by atoms with E-state index in [2.05, 4.69) is 23.3 Å². The maximum atomic E-state index is 6.17. The molecule has 1 aromatic heterocycles. The van der Waals surface area contributed by atoms with Crippen molar-refractivity contribution < 1.29 is 4.74 Å². The van der Waals surface area contributed by atoms with Gasteiger partial charge >= 0.3 is 0 Å².